The summed E-state index contributed by atoms with van der Waals surface area (Å²) in [6, 6.07) is 9.28. The van der Waals surface area contributed by atoms with Crippen LogP contribution in [0.15, 0.2) is 24.3 Å². The molecule has 2 rings (SSSR count). The normalized spacial score (nSPS) is 17.8. The molecule has 0 heterocycles. The molecule has 1 aliphatic rings. The van der Waals surface area contributed by atoms with Crippen molar-refractivity contribution in [3.63, 3.8) is 0 Å². The highest BCUT2D eigenvalue weighted by Gasteiger charge is 2.24. The van der Waals surface area contributed by atoms with Gasteiger partial charge in [0.15, 0.2) is 0 Å². The molecule has 1 saturated carbocycles. The van der Waals surface area contributed by atoms with Crippen LogP contribution in [0.3, 0.4) is 0 Å². The van der Waals surface area contributed by atoms with Crippen LogP contribution in [0.4, 0.5) is 0 Å². The van der Waals surface area contributed by atoms with Gasteiger partial charge in [-0.25, -0.2) is 0 Å². The molecule has 0 aromatic heterocycles. The largest absolute Gasteiger partial charge is 0.317 e. The molecule has 0 amide bonds. The topological polar surface area (TPSA) is 12.0 Å². The molecule has 0 spiro atoms. The van der Waals surface area contributed by atoms with Gasteiger partial charge in [-0.1, -0.05) is 63.8 Å². The minimum Gasteiger partial charge on any atom is -0.317 e. The van der Waals surface area contributed by atoms with E-state index < -0.39 is 0 Å². The SMILES string of the molecule is CCNCC(Cc1ccc(CC)cc1)C1CCCC1. The van der Waals surface area contributed by atoms with Crippen molar-refractivity contribution in [3.8, 4) is 0 Å². The number of benzene rings is 1. The van der Waals surface area contributed by atoms with E-state index in [4.69, 9.17) is 0 Å². The van der Waals surface area contributed by atoms with E-state index in [1.54, 1.807) is 0 Å². The van der Waals surface area contributed by atoms with Crippen LogP contribution < -0.4 is 5.32 Å². The van der Waals surface area contributed by atoms with Crippen molar-refractivity contribution >= 4 is 0 Å². The summed E-state index contributed by atoms with van der Waals surface area (Å²) < 4.78 is 0. The monoisotopic (exact) mass is 259 g/mol. The third kappa shape index (κ3) is 4.35. The molecule has 1 heteroatoms. The molecule has 1 aromatic rings. The van der Waals surface area contributed by atoms with E-state index in [1.165, 1.54) is 49.8 Å². The molecular weight excluding hydrogens is 230 g/mol. The van der Waals surface area contributed by atoms with E-state index in [-0.39, 0.29) is 0 Å². The van der Waals surface area contributed by atoms with Crippen LogP contribution in [0, 0.1) is 11.8 Å². The quantitative estimate of drug-likeness (QED) is 0.773. The molecule has 0 saturated heterocycles. The van der Waals surface area contributed by atoms with E-state index >= 15 is 0 Å². The predicted molar refractivity (Wildman–Crippen MR) is 83.5 cm³/mol. The second kappa shape index (κ2) is 7.69. The Morgan fingerprint density at radius 3 is 2.26 bits per heavy atom. The Morgan fingerprint density at radius 2 is 1.68 bits per heavy atom. The summed E-state index contributed by atoms with van der Waals surface area (Å²) in [5.41, 5.74) is 2.97. The number of hydrogen-bond donors (Lipinski definition) is 1. The third-order valence-corrected chi connectivity index (χ3v) is 4.65. The Kier molecular flexibility index (Phi) is 5.91. The second-order valence-electron chi connectivity index (χ2n) is 5.99. The minimum atomic E-state index is 0.829. The van der Waals surface area contributed by atoms with E-state index in [1.807, 2.05) is 0 Å². The van der Waals surface area contributed by atoms with Crippen molar-refractivity contribution in [3.05, 3.63) is 35.4 Å². The van der Waals surface area contributed by atoms with Crippen molar-refractivity contribution in [2.75, 3.05) is 13.1 Å². The molecule has 1 fully saturated rings. The van der Waals surface area contributed by atoms with Crippen LogP contribution >= 0.6 is 0 Å². The van der Waals surface area contributed by atoms with Gasteiger partial charge in [-0.15, -0.1) is 0 Å². The fourth-order valence-electron chi connectivity index (χ4n) is 3.38. The highest BCUT2D eigenvalue weighted by Crippen LogP contribution is 2.33. The summed E-state index contributed by atoms with van der Waals surface area (Å²) in [7, 11) is 0. The van der Waals surface area contributed by atoms with Crippen LogP contribution in [0.1, 0.15) is 50.7 Å². The molecule has 1 N–H and O–H groups in total. The highest BCUT2D eigenvalue weighted by molar-refractivity contribution is 5.23. The maximum atomic E-state index is 3.57. The van der Waals surface area contributed by atoms with Crippen LogP contribution in [-0.4, -0.2) is 13.1 Å². The van der Waals surface area contributed by atoms with E-state index in [9.17, 15) is 0 Å². The molecule has 1 unspecified atom stereocenters. The van der Waals surface area contributed by atoms with Gasteiger partial charge in [-0.3, -0.25) is 0 Å². The Labute approximate surface area is 118 Å². The van der Waals surface area contributed by atoms with E-state index in [0.29, 0.717) is 0 Å². The second-order valence-corrected chi connectivity index (χ2v) is 5.99. The lowest BCUT2D eigenvalue weighted by atomic mass is 9.85. The average Bonchev–Trinajstić information content (AvgIpc) is 2.98. The molecule has 106 valence electrons. The van der Waals surface area contributed by atoms with Crippen LogP contribution in [0.2, 0.25) is 0 Å². The van der Waals surface area contributed by atoms with Crippen LogP contribution in [-0.2, 0) is 12.8 Å². The number of aryl methyl sites for hydroxylation is 1. The maximum absolute atomic E-state index is 3.57. The smallest absolute Gasteiger partial charge is 0.00148 e. The van der Waals surface area contributed by atoms with E-state index in [2.05, 4.69) is 43.4 Å². The van der Waals surface area contributed by atoms with Crippen molar-refractivity contribution in [2.24, 2.45) is 11.8 Å². The maximum Gasteiger partial charge on any atom is -0.00148 e. The fraction of sp³-hybridized carbons (Fsp3) is 0.667. The summed E-state index contributed by atoms with van der Waals surface area (Å²) in [5.74, 6) is 1.78. The molecule has 1 nitrogen and oxygen atoms in total. The molecule has 1 atom stereocenters. The van der Waals surface area contributed by atoms with E-state index in [0.717, 1.165) is 24.8 Å². The third-order valence-electron chi connectivity index (χ3n) is 4.65. The van der Waals surface area contributed by atoms with Crippen LogP contribution in [0.5, 0.6) is 0 Å². The van der Waals surface area contributed by atoms with Gasteiger partial charge in [0.25, 0.3) is 0 Å². The lowest BCUT2D eigenvalue weighted by Gasteiger charge is -2.24. The first-order valence-electron chi connectivity index (χ1n) is 8.12. The van der Waals surface area contributed by atoms with Crippen molar-refractivity contribution in [1.29, 1.82) is 0 Å². The molecule has 0 bridgehead atoms. The first kappa shape index (κ1) is 14.6. The Hall–Kier alpha value is -0.820. The lowest BCUT2D eigenvalue weighted by Crippen LogP contribution is -2.28. The van der Waals surface area contributed by atoms with Gasteiger partial charge < -0.3 is 5.32 Å². The number of hydrogen-bond acceptors (Lipinski definition) is 1. The molecule has 0 radical (unpaired) electrons. The highest BCUT2D eigenvalue weighted by atomic mass is 14.8. The standard InChI is InChI=1S/C18H29N/c1-3-15-9-11-16(12-10-15)13-18(14-19-4-2)17-7-5-6-8-17/h9-12,17-19H,3-8,13-14H2,1-2H3. The van der Waals surface area contributed by atoms with Crippen LogP contribution in [0.25, 0.3) is 0 Å². The van der Waals surface area contributed by atoms with Crippen molar-refractivity contribution in [2.45, 2.75) is 52.4 Å². The van der Waals surface area contributed by atoms with Crippen molar-refractivity contribution in [1.82, 2.24) is 5.32 Å². The first-order valence-corrected chi connectivity index (χ1v) is 8.12. The number of nitrogens with one attached hydrogen (secondary N) is 1. The number of rotatable bonds is 7. The molecule has 1 aromatic carbocycles. The van der Waals surface area contributed by atoms with Gasteiger partial charge in [-0.05, 0) is 48.9 Å². The summed E-state index contributed by atoms with van der Waals surface area (Å²) in [6.45, 7) is 6.72. The fourth-order valence-corrected chi connectivity index (χ4v) is 3.38. The molecule has 19 heavy (non-hydrogen) atoms. The molecule has 1 aliphatic carbocycles. The summed E-state index contributed by atoms with van der Waals surface area (Å²) >= 11 is 0. The Balaban J connectivity index is 1.96. The van der Waals surface area contributed by atoms with Crippen molar-refractivity contribution < 1.29 is 0 Å². The van der Waals surface area contributed by atoms with Gasteiger partial charge in [0.05, 0.1) is 0 Å². The summed E-state index contributed by atoms with van der Waals surface area (Å²) in [4.78, 5) is 0. The zero-order valence-electron chi connectivity index (χ0n) is 12.6. The lowest BCUT2D eigenvalue weighted by molar-refractivity contribution is 0.323. The summed E-state index contributed by atoms with van der Waals surface area (Å²) in [5, 5.41) is 3.57. The van der Waals surface area contributed by atoms with Gasteiger partial charge in [0, 0.05) is 0 Å². The van der Waals surface area contributed by atoms with Gasteiger partial charge in [0.1, 0.15) is 0 Å². The average molecular weight is 259 g/mol. The first-order chi connectivity index (χ1) is 9.33. The predicted octanol–water partition coefficient (Wildman–Crippen LogP) is 4.21. The minimum absolute atomic E-state index is 0.829. The molecule has 0 aliphatic heterocycles. The zero-order chi connectivity index (χ0) is 13.5. The van der Waals surface area contributed by atoms with Gasteiger partial charge in [0.2, 0.25) is 0 Å². The Bertz CT molecular complexity index is 348. The Morgan fingerprint density at radius 1 is 1.05 bits per heavy atom. The van der Waals surface area contributed by atoms with Gasteiger partial charge >= 0.3 is 0 Å². The zero-order valence-corrected chi connectivity index (χ0v) is 12.6. The van der Waals surface area contributed by atoms with Gasteiger partial charge in [-0.2, -0.15) is 0 Å². The summed E-state index contributed by atoms with van der Waals surface area (Å²) in [6.07, 6.45) is 8.18. The molecular formula is C18H29N.